The van der Waals surface area contributed by atoms with E-state index in [-0.39, 0.29) is 0 Å². The van der Waals surface area contributed by atoms with Gasteiger partial charge in [-0.25, -0.2) is 14.8 Å². The van der Waals surface area contributed by atoms with Gasteiger partial charge in [-0.2, -0.15) is 0 Å². The SMILES string of the molecule is COc1cc(OC)cc([C@H](NC(=O)N[C@@H](c2cc(OC)cc(OC)c2)c2nccn2C)c2nccn2C)c1. The first kappa shape index (κ1) is 26.4. The normalized spacial score (nSPS) is 12.4. The second-order valence-electron chi connectivity index (χ2n) is 8.57. The summed E-state index contributed by atoms with van der Waals surface area (Å²) in [5.74, 6) is 3.63. The van der Waals surface area contributed by atoms with Gasteiger partial charge in [-0.3, -0.25) is 0 Å². The summed E-state index contributed by atoms with van der Waals surface area (Å²) in [6, 6.07) is 9.24. The summed E-state index contributed by atoms with van der Waals surface area (Å²) in [5.41, 5.74) is 1.48. The minimum absolute atomic E-state index is 0.436. The van der Waals surface area contributed by atoms with Crippen LogP contribution in [0.2, 0.25) is 0 Å². The molecular weight excluding hydrogens is 488 g/mol. The number of hydrogen-bond donors (Lipinski definition) is 2. The number of imidazole rings is 2. The summed E-state index contributed by atoms with van der Waals surface area (Å²) < 4.78 is 25.5. The molecule has 0 saturated heterocycles. The summed E-state index contributed by atoms with van der Waals surface area (Å²) >= 11 is 0. The van der Waals surface area contributed by atoms with Crippen molar-refractivity contribution >= 4 is 6.03 Å². The lowest BCUT2D eigenvalue weighted by atomic mass is 10.0. The van der Waals surface area contributed by atoms with E-state index in [4.69, 9.17) is 18.9 Å². The van der Waals surface area contributed by atoms with Crippen molar-refractivity contribution in [2.24, 2.45) is 14.1 Å². The minimum atomic E-state index is -0.610. The molecule has 11 nitrogen and oxygen atoms in total. The Hall–Kier alpha value is -4.67. The molecule has 11 heteroatoms. The maximum atomic E-state index is 13.6. The molecule has 0 aliphatic heterocycles. The Morgan fingerprint density at radius 3 is 1.26 bits per heavy atom. The standard InChI is InChI=1S/C27H32N6O5/c1-32-9-7-28-25(32)23(17-11-19(35-3)15-20(12-17)36-4)30-27(34)31-24(26-29-8-10-33(26)2)18-13-21(37-5)16-22(14-18)38-6/h7-16,23-24H,1-6H3,(H2,30,31,34)/t23-,24-/m0/s1. The van der Waals surface area contributed by atoms with Crippen LogP contribution >= 0.6 is 0 Å². The van der Waals surface area contributed by atoms with Gasteiger partial charge in [-0.15, -0.1) is 0 Å². The lowest BCUT2D eigenvalue weighted by Crippen LogP contribution is -2.42. The van der Waals surface area contributed by atoms with Crippen molar-refractivity contribution in [2.45, 2.75) is 12.1 Å². The van der Waals surface area contributed by atoms with E-state index >= 15 is 0 Å². The van der Waals surface area contributed by atoms with Gasteiger partial charge in [0.1, 0.15) is 46.7 Å². The zero-order valence-electron chi connectivity index (χ0n) is 22.3. The monoisotopic (exact) mass is 520 g/mol. The third kappa shape index (κ3) is 5.66. The van der Waals surface area contributed by atoms with Crippen molar-refractivity contribution < 1.29 is 23.7 Å². The maximum absolute atomic E-state index is 13.6. The molecule has 0 spiro atoms. The van der Waals surface area contributed by atoms with E-state index in [0.717, 1.165) is 11.1 Å². The zero-order chi connectivity index (χ0) is 27.2. The zero-order valence-corrected chi connectivity index (χ0v) is 22.3. The summed E-state index contributed by atoms with van der Waals surface area (Å²) in [6.45, 7) is 0. The largest absolute Gasteiger partial charge is 0.497 e. The number of nitrogens with zero attached hydrogens (tertiary/aromatic N) is 4. The molecule has 2 atom stereocenters. The first-order valence-corrected chi connectivity index (χ1v) is 11.8. The molecule has 0 fully saturated rings. The number of carbonyl (C=O) groups is 1. The second-order valence-corrected chi connectivity index (χ2v) is 8.57. The summed E-state index contributed by atoms with van der Waals surface area (Å²) in [4.78, 5) is 22.6. The number of urea groups is 1. The molecule has 200 valence electrons. The van der Waals surface area contributed by atoms with Crippen molar-refractivity contribution in [1.82, 2.24) is 29.7 Å². The Morgan fingerprint density at radius 1 is 0.658 bits per heavy atom. The van der Waals surface area contributed by atoms with Crippen molar-refractivity contribution in [3.63, 3.8) is 0 Å². The van der Waals surface area contributed by atoms with Crippen LogP contribution in [-0.2, 0) is 14.1 Å². The molecule has 38 heavy (non-hydrogen) atoms. The Balaban J connectivity index is 1.71. The van der Waals surface area contributed by atoms with E-state index < -0.39 is 18.1 Å². The quantitative estimate of drug-likeness (QED) is 0.330. The molecule has 2 heterocycles. The molecule has 0 aliphatic rings. The highest BCUT2D eigenvalue weighted by molar-refractivity contribution is 5.76. The summed E-state index contributed by atoms with van der Waals surface area (Å²) in [5, 5.41) is 6.15. The average molecular weight is 521 g/mol. The smallest absolute Gasteiger partial charge is 0.316 e. The van der Waals surface area contributed by atoms with E-state index in [9.17, 15) is 4.79 Å². The number of aryl methyl sites for hydroxylation is 2. The Kier molecular flexibility index (Phi) is 8.05. The van der Waals surface area contributed by atoms with E-state index in [1.165, 1.54) is 0 Å². The number of hydrogen-bond acceptors (Lipinski definition) is 7. The molecule has 2 amide bonds. The molecular formula is C27H32N6O5. The van der Waals surface area contributed by atoms with Gasteiger partial charge in [0.15, 0.2) is 0 Å². The van der Waals surface area contributed by atoms with E-state index in [2.05, 4.69) is 20.6 Å². The second kappa shape index (κ2) is 11.6. The number of carbonyl (C=O) groups excluding carboxylic acids is 1. The van der Waals surface area contributed by atoms with Crippen LogP contribution in [0.4, 0.5) is 4.79 Å². The van der Waals surface area contributed by atoms with Crippen LogP contribution in [-0.4, -0.2) is 53.6 Å². The Bertz CT molecular complexity index is 1250. The molecule has 2 aromatic heterocycles. The highest BCUT2D eigenvalue weighted by Gasteiger charge is 2.27. The first-order chi connectivity index (χ1) is 18.4. The van der Waals surface area contributed by atoms with Crippen molar-refractivity contribution in [1.29, 1.82) is 0 Å². The van der Waals surface area contributed by atoms with E-state index in [0.29, 0.717) is 34.6 Å². The average Bonchev–Trinajstić information content (AvgIpc) is 3.57. The van der Waals surface area contributed by atoms with Gasteiger partial charge in [-0.1, -0.05) is 0 Å². The van der Waals surface area contributed by atoms with Crippen LogP contribution in [0.3, 0.4) is 0 Å². The molecule has 0 radical (unpaired) electrons. The predicted octanol–water partition coefficient (Wildman–Crippen LogP) is 3.37. The summed E-state index contributed by atoms with van der Waals surface area (Å²) in [7, 11) is 10.0. The van der Waals surface area contributed by atoms with Gasteiger partial charge >= 0.3 is 6.03 Å². The van der Waals surface area contributed by atoms with E-state index in [1.807, 2.05) is 59.9 Å². The number of benzene rings is 2. The van der Waals surface area contributed by atoms with E-state index in [1.54, 1.807) is 53.0 Å². The van der Waals surface area contributed by atoms with Crippen molar-refractivity contribution in [3.8, 4) is 23.0 Å². The van der Waals surface area contributed by atoms with Crippen molar-refractivity contribution in [2.75, 3.05) is 28.4 Å². The molecule has 0 unspecified atom stereocenters. The van der Waals surface area contributed by atoms with Gasteiger partial charge < -0.3 is 38.7 Å². The molecule has 4 rings (SSSR count). The van der Waals surface area contributed by atoms with Gasteiger partial charge in [0.05, 0.1) is 28.4 Å². The fourth-order valence-electron chi connectivity index (χ4n) is 4.20. The molecule has 2 aromatic carbocycles. The van der Waals surface area contributed by atoms with Crippen LogP contribution < -0.4 is 29.6 Å². The van der Waals surface area contributed by atoms with Crippen LogP contribution in [0.25, 0.3) is 0 Å². The highest BCUT2D eigenvalue weighted by Crippen LogP contribution is 2.31. The van der Waals surface area contributed by atoms with Crippen LogP contribution in [0.1, 0.15) is 34.9 Å². The molecule has 0 saturated carbocycles. The first-order valence-electron chi connectivity index (χ1n) is 11.8. The molecule has 4 aromatic rings. The highest BCUT2D eigenvalue weighted by atomic mass is 16.5. The van der Waals surface area contributed by atoms with Gasteiger partial charge in [-0.05, 0) is 35.4 Å². The Morgan fingerprint density at radius 2 is 1.00 bits per heavy atom. The Labute approximate surface area is 221 Å². The van der Waals surface area contributed by atoms with Gasteiger partial charge in [0.25, 0.3) is 0 Å². The molecule has 0 bridgehead atoms. The number of methoxy groups -OCH3 is 4. The fraction of sp³-hybridized carbons (Fsp3) is 0.296. The molecule has 0 aliphatic carbocycles. The topological polar surface area (TPSA) is 114 Å². The van der Waals surface area contributed by atoms with Crippen LogP contribution in [0.5, 0.6) is 23.0 Å². The number of rotatable bonds is 10. The van der Waals surface area contributed by atoms with Crippen LogP contribution in [0.15, 0.2) is 61.2 Å². The summed E-state index contributed by atoms with van der Waals surface area (Å²) in [6.07, 6.45) is 6.99. The lowest BCUT2D eigenvalue weighted by molar-refractivity contribution is 0.235. The third-order valence-corrected chi connectivity index (χ3v) is 6.20. The fourth-order valence-corrected chi connectivity index (χ4v) is 4.20. The maximum Gasteiger partial charge on any atom is 0.316 e. The van der Waals surface area contributed by atoms with Crippen LogP contribution in [0, 0.1) is 0 Å². The number of ether oxygens (including phenoxy) is 4. The predicted molar refractivity (Wildman–Crippen MR) is 141 cm³/mol. The van der Waals surface area contributed by atoms with Gasteiger partial charge in [0.2, 0.25) is 0 Å². The molecule has 2 N–H and O–H groups in total. The third-order valence-electron chi connectivity index (χ3n) is 6.20. The number of aromatic nitrogens is 4. The number of nitrogens with one attached hydrogen (secondary N) is 2. The minimum Gasteiger partial charge on any atom is -0.497 e. The van der Waals surface area contributed by atoms with Crippen molar-refractivity contribution in [3.05, 3.63) is 84.0 Å². The lowest BCUT2D eigenvalue weighted by Gasteiger charge is -2.24. The van der Waals surface area contributed by atoms with Gasteiger partial charge in [0, 0.05) is 51.0 Å². The number of amides is 2.